The molecule has 0 amide bonds. The van der Waals surface area contributed by atoms with E-state index in [-0.39, 0.29) is 0 Å². The first-order valence-electron chi connectivity index (χ1n) is 32.6. The van der Waals surface area contributed by atoms with Crippen LogP contribution in [0.4, 0.5) is 22.7 Å². The lowest BCUT2D eigenvalue weighted by Gasteiger charge is -2.06. The molecule has 4 aliphatic heterocycles. The number of hydrogen-bond acceptors (Lipinski definition) is 9. The molecule has 0 fully saturated rings. The molecule has 103 heavy (non-hydrogen) atoms. The molecule has 22 rings (SSSR count). The van der Waals surface area contributed by atoms with Crippen LogP contribution < -0.4 is 18.7 Å². The zero-order valence-corrected chi connectivity index (χ0v) is 54.4. The molecule has 0 aliphatic carbocycles. The molecule has 0 N–H and O–H groups in total. The average molecular weight is 1330 g/mol. The van der Waals surface area contributed by atoms with Gasteiger partial charge in [0.1, 0.15) is 55.9 Å². The molecule has 0 radical (unpaired) electrons. The van der Waals surface area contributed by atoms with E-state index in [1.807, 2.05) is 103 Å². The quantitative estimate of drug-likeness (QED) is 0.104. The number of hydrogen-bond donors (Lipinski definition) is 0. The van der Waals surface area contributed by atoms with Crippen LogP contribution in [0.2, 0.25) is 0 Å². The van der Waals surface area contributed by atoms with Crippen LogP contribution in [0.5, 0.6) is 0 Å². The Hall–Kier alpha value is -15.5. The Labute approximate surface area is 582 Å². The van der Waals surface area contributed by atoms with Gasteiger partial charge in [-0.05, 0) is 79.6 Å². The van der Waals surface area contributed by atoms with Crippen LogP contribution in [0, 0.1) is 85.5 Å². The fraction of sp³-hybridized carbons (Fsp3) is 0.0732. The summed E-state index contributed by atoms with van der Waals surface area (Å²) in [6.07, 6.45) is 11.3. The number of fused-ring (bicyclic) bond motifs is 30. The van der Waals surface area contributed by atoms with Gasteiger partial charge in [0.15, 0.2) is 37.4 Å². The molecular formula is C82H44N18O3+4. The maximum Gasteiger partial charge on any atom is 0.227 e. The van der Waals surface area contributed by atoms with E-state index in [9.17, 15) is 21.0 Å². The number of nitrogens with zero attached hydrogens (tertiary/aromatic N) is 18. The van der Waals surface area contributed by atoms with E-state index in [0.717, 1.165) is 139 Å². The van der Waals surface area contributed by atoms with Crippen molar-refractivity contribution in [3.05, 3.63) is 284 Å². The molecule has 9 aromatic carbocycles. The van der Waals surface area contributed by atoms with Gasteiger partial charge >= 0.3 is 0 Å². The van der Waals surface area contributed by atoms with Crippen LogP contribution in [0.1, 0.15) is 55.6 Å². The smallest absolute Gasteiger partial charge is 0.227 e. The highest BCUT2D eigenvalue weighted by Gasteiger charge is 2.38. The van der Waals surface area contributed by atoms with Crippen molar-refractivity contribution in [2.75, 3.05) is 0 Å². The molecule has 21 nitrogen and oxygen atoms in total. The lowest BCUT2D eigenvalue weighted by molar-refractivity contribution is -0.749. The third-order valence-electron chi connectivity index (χ3n) is 20.2. The number of aryl methyl sites for hydroxylation is 2. The third-order valence-corrected chi connectivity index (χ3v) is 20.2. The number of benzene rings is 9. The number of furan rings is 3. The summed E-state index contributed by atoms with van der Waals surface area (Å²) in [4.78, 5) is 23.3. The Morgan fingerprint density at radius 2 is 0.806 bits per heavy atom. The monoisotopic (exact) mass is 1330 g/mol. The van der Waals surface area contributed by atoms with Gasteiger partial charge in [0.2, 0.25) is 59.0 Å². The van der Waals surface area contributed by atoms with E-state index in [1.54, 1.807) is 60.9 Å². The topological polar surface area (TPSA) is 213 Å². The molecule has 4 aliphatic rings. The first kappa shape index (κ1) is 58.8. The molecule has 0 spiro atoms. The van der Waals surface area contributed by atoms with Gasteiger partial charge in [0, 0.05) is 68.0 Å². The molecule has 0 saturated carbocycles. The molecule has 18 aromatic rings. The van der Waals surface area contributed by atoms with Gasteiger partial charge in [-0.15, -0.1) is 37.5 Å². The highest BCUT2D eigenvalue weighted by Crippen LogP contribution is 2.43. The van der Waals surface area contributed by atoms with Gasteiger partial charge in [-0.2, -0.15) is 21.0 Å². The molecular weight excluding hydrogens is 1290 g/mol. The summed E-state index contributed by atoms with van der Waals surface area (Å²) in [7, 11) is 0. The highest BCUT2D eigenvalue weighted by molar-refractivity contribution is 6.10. The molecule has 476 valence electrons. The van der Waals surface area contributed by atoms with Gasteiger partial charge in [-0.25, -0.2) is 29.3 Å². The standard InChI is InChI=1S/C22H11N4O.2C21H10N5O.C18H13N4/c1-24-18-7-6-13(10-23)17-12-25-11-14-8-16-15-4-2-3-5-20(15)27-21(16)9-19(14)26(25)22(17)18;1-23-17-7-5-12(9-22)16-11-25-10-13-4-6-14-15-3-2-8-24-21(15)27-20(14)18(13)26(25)19(16)17;1-23-17-5-4-12(9-22)16-11-25-10-13-7-15-14-3-2-6-24-21(14)27-19(15)8-18(13)26(25)20(16)17;1-11-4-5-12(2)17-14(11)9-21-10-15-13(8-19)6-7-16(20-3)18(15)22(17)21/h2-9,12H,11H2;2*2-8,11H,10H2;4-7,10H,9H2,1-2H3/q4*+1. The molecule has 9 aromatic heterocycles. The van der Waals surface area contributed by atoms with Crippen molar-refractivity contribution in [3.63, 3.8) is 0 Å². The largest absolute Gasteiger partial charge is 0.456 e. The number of para-hydroxylation sites is 1. The van der Waals surface area contributed by atoms with E-state index in [1.165, 1.54) is 22.3 Å². The Morgan fingerprint density at radius 1 is 0.379 bits per heavy atom. The second-order valence-corrected chi connectivity index (χ2v) is 25.6. The first-order chi connectivity index (χ1) is 50.5. The minimum Gasteiger partial charge on any atom is -0.456 e. The third kappa shape index (κ3) is 8.37. The summed E-state index contributed by atoms with van der Waals surface area (Å²) in [6.45, 7) is 37.1. The van der Waals surface area contributed by atoms with Crippen LogP contribution in [-0.2, 0) is 26.2 Å². The zero-order chi connectivity index (χ0) is 69.8. The van der Waals surface area contributed by atoms with Gasteiger partial charge in [0.05, 0.1) is 105 Å². The van der Waals surface area contributed by atoms with E-state index in [2.05, 4.69) is 124 Å². The zero-order valence-electron chi connectivity index (χ0n) is 54.4. The summed E-state index contributed by atoms with van der Waals surface area (Å²) in [5.74, 6) is 0. The SMILES string of the molecule is [C-]#[N+]c1ccc(C#N)c2c[n+]3n(c12)-c1c(C)ccc(C)c1C3.[C-]#[N+]c1ccc(C#N)c2c[n+]3n(c12)-c1c(ccc2c1oc1ncccc12)C3.[C-]#[N+]c1ccc(C#N)c2c[n+]3n(c12)-c1cc2oc4ccccc4c2cc1C3.[C-]#[N+]c1ccc(C#N)c2c[n+]3n(c12)-c1cc2oc4ncccc4c2cc1C3. The second kappa shape index (κ2) is 22.0. The summed E-state index contributed by atoms with van der Waals surface area (Å²) in [6, 6.07) is 55.3. The van der Waals surface area contributed by atoms with Gasteiger partial charge in [-0.3, -0.25) is 0 Å². The van der Waals surface area contributed by atoms with E-state index in [0.29, 0.717) is 76.1 Å². The molecule has 0 bridgehead atoms. The number of pyridine rings is 2. The van der Waals surface area contributed by atoms with Crippen LogP contribution in [-0.4, -0.2) is 28.7 Å². The van der Waals surface area contributed by atoms with Crippen LogP contribution in [0.25, 0.3) is 152 Å². The summed E-state index contributed by atoms with van der Waals surface area (Å²) in [5, 5.41) is 47.1. The Kier molecular flexibility index (Phi) is 12.6. The highest BCUT2D eigenvalue weighted by atomic mass is 16.3. The van der Waals surface area contributed by atoms with Crippen molar-refractivity contribution >= 4 is 132 Å². The Bertz CT molecular complexity index is 7120. The van der Waals surface area contributed by atoms with Crippen LogP contribution in [0.3, 0.4) is 0 Å². The van der Waals surface area contributed by atoms with Crippen LogP contribution >= 0.6 is 0 Å². The van der Waals surface area contributed by atoms with E-state index in [4.69, 9.17) is 39.5 Å². The molecule has 21 heteroatoms. The second-order valence-electron chi connectivity index (χ2n) is 25.6. The van der Waals surface area contributed by atoms with E-state index >= 15 is 0 Å². The average Bonchev–Trinajstić information content (AvgIpc) is 1.54. The van der Waals surface area contributed by atoms with E-state index < -0.39 is 0 Å². The minimum atomic E-state index is 0.516. The molecule has 0 atom stereocenters. The Balaban J connectivity index is 0.0000000951. The van der Waals surface area contributed by atoms with Gasteiger partial charge in [-0.1, -0.05) is 78.9 Å². The maximum absolute atomic E-state index is 9.48. The molecule has 0 saturated heterocycles. The molecule has 0 unspecified atom stereocenters. The summed E-state index contributed by atoms with van der Waals surface area (Å²) in [5.41, 5.74) is 23.2. The summed E-state index contributed by atoms with van der Waals surface area (Å²) >= 11 is 0. The maximum atomic E-state index is 9.48. The van der Waals surface area contributed by atoms with Gasteiger partial charge in [0.25, 0.3) is 0 Å². The van der Waals surface area contributed by atoms with Crippen molar-refractivity contribution in [1.29, 1.82) is 21.0 Å². The predicted molar refractivity (Wildman–Crippen MR) is 381 cm³/mol. The lowest BCUT2D eigenvalue weighted by atomic mass is 10.0. The van der Waals surface area contributed by atoms with Crippen molar-refractivity contribution in [3.8, 4) is 47.0 Å². The fourth-order valence-electron chi connectivity index (χ4n) is 15.6. The number of aromatic nitrogens is 10. The Morgan fingerprint density at radius 3 is 1.33 bits per heavy atom. The number of rotatable bonds is 0. The first-order valence-corrected chi connectivity index (χ1v) is 32.6. The summed E-state index contributed by atoms with van der Waals surface area (Å²) < 4.78 is 34.5. The van der Waals surface area contributed by atoms with Crippen molar-refractivity contribution in [2.24, 2.45) is 0 Å². The van der Waals surface area contributed by atoms with Crippen molar-refractivity contribution in [2.45, 2.75) is 40.0 Å². The van der Waals surface area contributed by atoms with Crippen molar-refractivity contribution < 1.29 is 32.0 Å². The lowest BCUT2D eigenvalue weighted by Crippen LogP contribution is -2.36. The fourth-order valence-corrected chi connectivity index (χ4v) is 15.6. The number of nitriles is 4. The normalized spacial score (nSPS) is 12.1. The molecule has 13 heterocycles. The van der Waals surface area contributed by atoms with Gasteiger partial charge < -0.3 is 13.3 Å². The van der Waals surface area contributed by atoms with Crippen LogP contribution in [0.15, 0.2) is 196 Å². The van der Waals surface area contributed by atoms with Crippen molar-refractivity contribution in [1.82, 2.24) is 28.7 Å². The minimum absolute atomic E-state index is 0.516. The predicted octanol–water partition coefficient (Wildman–Crippen LogP) is 15.9.